The molecule has 0 aliphatic rings. The third kappa shape index (κ3) is 7.02. The van der Waals surface area contributed by atoms with E-state index in [2.05, 4.69) is 26.8 Å². The van der Waals surface area contributed by atoms with Crippen LogP contribution in [0.3, 0.4) is 0 Å². The number of aromatic nitrogens is 5. The normalized spacial score (nSPS) is 11.8. The first-order valence-electron chi connectivity index (χ1n) is 11.8. The zero-order valence-electron chi connectivity index (χ0n) is 20.8. The van der Waals surface area contributed by atoms with E-state index < -0.39 is 19.1 Å². The minimum atomic E-state index is -2.75. The number of pyridine rings is 1. The van der Waals surface area contributed by atoms with Gasteiger partial charge >= 0.3 is 6.55 Å². The van der Waals surface area contributed by atoms with Gasteiger partial charge in [-0.3, -0.25) is 14.1 Å². The Morgan fingerprint density at radius 2 is 2.00 bits per heavy atom. The monoisotopic (exact) mass is 504 g/mol. The first-order valence-corrected chi connectivity index (χ1v) is 11.8. The molecule has 194 valence electrons. The highest BCUT2D eigenvalue weighted by atomic mass is 19.3. The zero-order chi connectivity index (χ0) is 26.3. The topological polar surface area (TPSA) is 89.9 Å². The Labute approximate surface area is 208 Å². The lowest BCUT2D eigenvalue weighted by molar-refractivity contribution is -0.115. The van der Waals surface area contributed by atoms with Crippen molar-refractivity contribution in [2.45, 2.75) is 64.8 Å². The standard InChI is InChI=1S/C25H31F3N6O2/c1-17(9-11-26)22(35)33(13-7-5-6-8-20-31-23(36-32-20)25(2,3)4)21-14-18(10-12-29-21)19-15-30-34(16-19)24(27)28/h10,12,14-16,24H,1,5-9,11,13H2,2-4H3. The molecule has 11 heteroatoms. The van der Waals surface area contributed by atoms with Gasteiger partial charge in [0.1, 0.15) is 5.82 Å². The fraction of sp³-hybridized carbons (Fsp3) is 0.480. The predicted octanol–water partition coefficient (Wildman–Crippen LogP) is 5.68. The van der Waals surface area contributed by atoms with Crippen LogP contribution in [0, 0.1) is 0 Å². The number of halogens is 3. The number of nitrogens with zero attached hydrogens (tertiary/aromatic N) is 6. The van der Waals surface area contributed by atoms with E-state index in [0.29, 0.717) is 52.7 Å². The molecule has 8 nitrogen and oxygen atoms in total. The fourth-order valence-corrected chi connectivity index (χ4v) is 3.46. The summed E-state index contributed by atoms with van der Waals surface area (Å²) in [6.45, 7) is 6.60. The largest absolute Gasteiger partial charge is 0.339 e. The molecule has 3 aromatic heterocycles. The summed E-state index contributed by atoms with van der Waals surface area (Å²) in [7, 11) is 0. The molecule has 0 bridgehead atoms. The van der Waals surface area contributed by atoms with Gasteiger partial charge in [0.15, 0.2) is 5.82 Å². The molecule has 0 N–H and O–H groups in total. The van der Waals surface area contributed by atoms with Crippen LogP contribution in [0.4, 0.5) is 19.0 Å². The Morgan fingerprint density at radius 1 is 1.22 bits per heavy atom. The number of carbonyl (C=O) groups excluding carboxylic acids is 1. The van der Waals surface area contributed by atoms with Gasteiger partial charge in [0.25, 0.3) is 5.91 Å². The van der Waals surface area contributed by atoms with Gasteiger partial charge in [-0.15, -0.1) is 0 Å². The van der Waals surface area contributed by atoms with Crippen LogP contribution in [0.5, 0.6) is 0 Å². The van der Waals surface area contributed by atoms with Crippen molar-refractivity contribution in [2.75, 3.05) is 18.1 Å². The molecule has 0 saturated heterocycles. The summed E-state index contributed by atoms with van der Waals surface area (Å²) in [4.78, 5) is 23.2. The average molecular weight is 505 g/mol. The Balaban J connectivity index is 1.68. The zero-order valence-corrected chi connectivity index (χ0v) is 20.8. The lowest BCUT2D eigenvalue weighted by Crippen LogP contribution is -2.33. The molecule has 0 radical (unpaired) electrons. The second-order valence-corrected chi connectivity index (χ2v) is 9.47. The maximum absolute atomic E-state index is 13.0. The highest BCUT2D eigenvalue weighted by Crippen LogP contribution is 2.26. The molecule has 0 aliphatic carbocycles. The number of amides is 1. The second kappa shape index (κ2) is 12.0. The second-order valence-electron chi connectivity index (χ2n) is 9.47. The Morgan fingerprint density at radius 3 is 2.64 bits per heavy atom. The number of hydrogen-bond acceptors (Lipinski definition) is 6. The molecule has 0 spiro atoms. The molecule has 36 heavy (non-hydrogen) atoms. The minimum absolute atomic E-state index is 0.0792. The molecule has 0 aliphatic heterocycles. The first kappa shape index (κ1) is 27.1. The molecule has 3 aromatic rings. The van der Waals surface area contributed by atoms with Crippen LogP contribution in [0.25, 0.3) is 11.1 Å². The number of aryl methyl sites for hydroxylation is 1. The van der Waals surface area contributed by atoms with Gasteiger partial charge in [-0.25, -0.2) is 9.67 Å². The van der Waals surface area contributed by atoms with Gasteiger partial charge in [0.05, 0.1) is 12.9 Å². The summed E-state index contributed by atoms with van der Waals surface area (Å²) in [6, 6.07) is 3.27. The van der Waals surface area contributed by atoms with Crippen molar-refractivity contribution in [3.63, 3.8) is 0 Å². The van der Waals surface area contributed by atoms with E-state index in [9.17, 15) is 18.0 Å². The van der Waals surface area contributed by atoms with Gasteiger partial charge in [-0.1, -0.05) is 38.9 Å². The summed E-state index contributed by atoms with van der Waals surface area (Å²) in [5, 5.41) is 7.68. The number of anilines is 1. The summed E-state index contributed by atoms with van der Waals surface area (Å²) < 4.78 is 44.6. The maximum atomic E-state index is 13.0. The molecule has 0 atom stereocenters. The average Bonchev–Trinajstić information content (AvgIpc) is 3.51. The molecule has 0 aromatic carbocycles. The van der Waals surface area contributed by atoms with E-state index in [1.807, 2.05) is 20.8 Å². The quantitative estimate of drug-likeness (QED) is 0.233. The van der Waals surface area contributed by atoms with Crippen LogP contribution in [0.2, 0.25) is 0 Å². The van der Waals surface area contributed by atoms with Crippen molar-refractivity contribution < 1.29 is 22.5 Å². The number of carbonyl (C=O) groups is 1. The fourth-order valence-electron chi connectivity index (χ4n) is 3.46. The Bertz CT molecular complexity index is 1170. The van der Waals surface area contributed by atoms with E-state index in [1.165, 1.54) is 23.5 Å². The van der Waals surface area contributed by atoms with Gasteiger partial charge < -0.3 is 4.52 Å². The van der Waals surface area contributed by atoms with Crippen molar-refractivity contribution in [3.05, 3.63) is 54.6 Å². The lowest BCUT2D eigenvalue weighted by atomic mass is 9.97. The van der Waals surface area contributed by atoms with Crippen LogP contribution in [0.1, 0.15) is 64.7 Å². The number of alkyl halides is 3. The maximum Gasteiger partial charge on any atom is 0.333 e. The lowest BCUT2D eigenvalue weighted by Gasteiger charge is -2.23. The van der Waals surface area contributed by atoms with Gasteiger partial charge in [0, 0.05) is 48.3 Å². The highest BCUT2D eigenvalue weighted by Gasteiger charge is 2.22. The van der Waals surface area contributed by atoms with E-state index >= 15 is 0 Å². The van der Waals surface area contributed by atoms with Crippen molar-refractivity contribution in [1.29, 1.82) is 0 Å². The van der Waals surface area contributed by atoms with Crippen LogP contribution < -0.4 is 4.90 Å². The van der Waals surface area contributed by atoms with Crippen molar-refractivity contribution in [2.24, 2.45) is 0 Å². The van der Waals surface area contributed by atoms with E-state index in [4.69, 9.17) is 4.52 Å². The van der Waals surface area contributed by atoms with Crippen LogP contribution >= 0.6 is 0 Å². The Hall–Kier alpha value is -3.50. The summed E-state index contributed by atoms with van der Waals surface area (Å²) in [5.41, 5.74) is 0.960. The molecule has 0 unspecified atom stereocenters. The summed E-state index contributed by atoms with van der Waals surface area (Å²) >= 11 is 0. The van der Waals surface area contributed by atoms with Crippen LogP contribution in [-0.4, -0.2) is 44.0 Å². The number of hydrogen-bond donors (Lipinski definition) is 0. The summed E-state index contributed by atoms with van der Waals surface area (Å²) in [6.07, 6.45) is 6.81. The number of unbranched alkanes of at least 4 members (excludes halogenated alkanes) is 2. The molecule has 0 saturated carbocycles. The first-order chi connectivity index (χ1) is 17.1. The van der Waals surface area contributed by atoms with Gasteiger partial charge in [-0.05, 0) is 30.5 Å². The van der Waals surface area contributed by atoms with E-state index in [0.717, 1.165) is 12.8 Å². The number of rotatable bonds is 12. The predicted molar refractivity (Wildman–Crippen MR) is 129 cm³/mol. The smallest absolute Gasteiger partial charge is 0.333 e. The van der Waals surface area contributed by atoms with Crippen LogP contribution in [-0.2, 0) is 16.6 Å². The van der Waals surface area contributed by atoms with Gasteiger partial charge in [-0.2, -0.15) is 18.9 Å². The van der Waals surface area contributed by atoms with E-state index in [-0.39, 0.29) is 17.4 Å². The van der Waals surface area contributed by atoms with Crippen molar-refractivity contribution in [1.82, 2.24) is 24.9 Å². The third-order valence-electron chi connectivity index (χ3n) is 5.49. The van der Waals surface area contributed by atoms with Crippen molar-refractivity contribution >= 4 is 11.7 Å². The van der Waals surface area contributed by atoms with Crippen LogP contribution in [0.15, 0.2) is 47.4 Å². The molecule has 0 fully saturated rings. The SMILES string of the molecule is C=C(CCF)C(=O)N(CCCCCc1noc(C(C)(C)C)n1)c1cc(-c2cnn(C(F)F)c2)ccn1. The molecular weight excluding hydrogens is 473 g/mol. The molecule has 1 amide bonds. The third-order valence-corrected chi connectivity index (χ3v) is 5.49. The molecule has 3 heterocycles. The van der Waals surface area contributed by atoms with Crippen molar-refractivity contribution in [3.8, 4) is 11.1 Å². The van der Waals surface area contributed by atoms with Gasteiger partial charge in [0.2, 0.25) is 5.89 Å². The highest BCUT2D eigenvalue weighted by molar-refractivity contribution is 6.04. The van der Waals surface area contributed by atoms with E-state index in [1.54, 1.807) is 12.1 Å². The summed E-state index contributed by atoms with van der Waals surface area (Å²) in [5.74, 6) is 1.14. The minimum Gasteiger partial charge on any atom is -0.339 e. The Kier molecular flexibility index (Phi) is 9.00. The molecule has 3 rings (SSSR count). The molecular formula is C25H31F3N6O2.